The van der Waals surface area contributed by atoms with Crippen LogP contribution in [0.2, 0.25) is 0 Å². The predicted molar refractivity (Wildman–Crippen MR) is 187 cm³/mol. The summed E-state index contributed by atoms with van der Waals surface area (Å²) in [7, 11) is 0. The van der Waals surface area contributed by atoms with Gasteiger partial charge in [0, 0.05) is 28.8 Å². The van der Waals surface area contributed by atoms with Crippen LogP contribution in [0.15, 0.2) is 53.3 Å². The number of aromatic nitrogens is 1. The second kappa shape index (κ2) is 22.3. The van der Waals surface area contributed by atoms with E-state index in [-0.39, 0.29) is 56.0 Å². The molecule has 15 nitrogen and oxygen atoms in total. The molecule has 2 heterocycles. The predicted octanol–water partition coefficient (Wildman–Crippen LogP) is 3.49. The number of hydrogen-bond donors (Lipinski definition) is 3. The Morgan fingerprint density at radius 3 is 1.93 bits per heavy atom. The minimum absolute atomic E-state index is 0.00971. The van der Waals surface area contributed by atoms with Crippen molar-refractivity contribution in [1.29, 1.82) is 0 Å². The molecule has 1 saturated heterocycles. The number of aliphatic hydroxyl groups is 1. The molecule has 0 spiro atoms. The quantitative estimate of drug-likeness (QED) is 0.101. The van der Waals surface area contributed by atoms with Crippen molar-refractivity contribution in [2.24, 2.45) is 0 Å². The highest BCUT2D eigenvalue weighted by Gasteiger charge is 2.36. The highest BCUT2D eigenvalue weighted by Crippen LogP contribution is 2.37. The monoisotopic (exact) mass is 770 g/mol. The number of aromatic amines is 1. The summed E-state index contributed by atoms with van der Waals surface area (Å²) in [4.78, 5) is 41.4. The Kier molecular flexibility index (Phi) is 17.6. The molecular weight excluding hydrogens is 725 g/mol. The molecule has 4 rings (SSSR count). The van der Waals surface area contributed by atoms with E-state index in [0.717, 1.165) is 6.07 Å². The first-order chi connectivity index (χ1) is 26.1. The number of carboxylic acid groups (broad SMARTS) is 1. The molecule has 3 N–H and O–H groups in total. The van der Waals surface area contributed by atoms with Gasteiger partial charge in [0.05, 0.1) is 105 Å². The van der Waals surface area contributed by atoms with Gasteiger partial charge in [0.25, 0.3) is 5.56 Å². The number of ether oxygens (including phenoxy) is 8. The van der Waals surface area contributed by atoms with Crippen molar-refractivity contribution in [2.45, 2.75) is 24.8 Å². The SMILES string of the molecule is O=C(O)C(CC1CN(c2ccc3cc(-c4ccccc4C(F)(F)F)[nH]c(=O)c3c2)C(=O)O1)OCCOCCOCCOCCOCCOCCOCCO. The maximum Gasteiger partial charge on any atom is 0.417 e. The molecule has 2 unspecified atom stereocenters. The Morgan fingerprint density at radius 2 is 1.37 bits per heavy atom. The summed E-state index contributed by atoms with van der Waals surface area (Å²) in [6, 6.07) is 10.8. The summed E-state index contributed by atoms with van der Waals surface area (Å²) in [5, 5.41) is 18.8. The molecule has 298 valence electrons. The van der Waals surface area contributed by atoms with E-state index in [4.69, 9.17) is 43.0 Å². The number of anilines is 1. The third kappa shape index (κ3) is 13.6. The number of carbonyl (C=O) groups excluding carboxylic acids is 1. The zero-order valence-corrected chi connectivity index (χ0v) is 29.6. The van der Waals surface area contributed by atoms with E-state index in [2.05, 4.69) is 4.98 Å². The van der Waals surface area contributed by atoms with Crippen molar-refractivity contribution in [3.05, 3.63) is 64.4 Å². The van der Waals surface area contributed by atoms with Crippen LogP contribution in [0.25, 0.3) is 22.0 Å². The van der Waals surface area contributed by atoms with Crippen LogP contribution in [0.5, 0.6) is 0 Å². The number of H-pyrrole nitrogens is 1. The fourth-order valence-electron chi connectivity index (χ4n) is 5.38. The molecule has 54 heavy (non-hydrogen) atoms. The average Bonchev–Trinajstić information content (AvgIpc) is 3.52. The van der Waals surface area contributed by atoms with Crippen molar-refractivity contribution in [3.8, 4) is 11.3 Å². The molecule has 0 radical (unpaired) electrons. The van der Waals surface area contributed by atoms with E-state index in [1.54, 1.807) is 0 Å². The van der Waals surface area contributed by atoms with Crippen molar-refractivity contribution in [3.63, 3.8) is 0 Å². The summed E-state index contributed by atoms with van der Waals surface area (Å²) >= 11 is 0. The first-order valence-corrected chi connectivity index (χ1v) is 17.3. The Morgan fingerprint density at radius 1 is 0.815 bits per heavy atom. The summed E-state index contributed by atoms with van der Waals surface area (Å²) < 4.78 is 83.7. The van der Waals surface area contributed by atoms with Gasteiger partial charge in [-0.05, 0) is 29.7 Å². The van der Waals surface area contributed by atoms with E-state index >= 15 is 0 Å². The number of halogens is 3. The number of alkyl halides is 3. The van der Waals surface area contributed by atoms with E-state index in [9.17, 15) is 32.7 Å². The van der Waals surface area contributed by atoms with Crippen LogP contribution in [-0.2, 0) is 48.9 Å². The molecule has 0 bridgehead atoms. The number of nitrogens with zero attached hydrogens (tertiary/aromatic N) is 1. The van der Waals surface area contributed by atoms with Crippen molar-refractivity contribution in [1.82, 2.24) is 4.98 Å². The minimum Gasteiger partial charge on any atom is -0.479 e. The summed E-state index contributed by atoms with van der Waals surface area (Å²) in [5.74, 6) is -1.24. The van der Waals surface area contributed by atoms with Crippen LogP contribution in [0, 0.1) is 0 Å². The molecule has 0 saturated carbocycles. The zero-order chi connectivity index (χ0) is 38.8. The standard InChI is InChI=1S/C36H45F3N2O13/c37-36(38,39)30-4-2-1-3-28(30)31-21-25-5-6-26(22-29(25)33(43)40-31)41-24-27(54-35(41)46)23-32(34(44)45)53-20-19-52-18-17-51-16-15-50-14-13-49-12-11-48-10-9-47-8-7-42/h1-6,21-22,27,32,42H,7-20,23-24H2,(H,40,43)(H,44,45). The molecule has 0 aliphatic carbocycles. The Labute approximate surface area is 308 Å². The van der Waals surface area contributed by atoms with Gasteiger partial charge in [-0.3, -0.25) is 9.69 Å². The molecule has 1 amide bonds. The van der Waals surface area contributed by atoms with Crippen LogP contribution in [0.1, 0.15) is 12.0 Å². The van der Waals surface area contributed by atoms with E-state index in [1.807, 2.05) is 0 Å². The maximum absolute atomic E-state index is 13.6. The number of amides is 1. The fourth-order valence-corrected chi connectivity index (χ4v) is 5.38. The second-order valence-electron chi connectivity index (χ2n) is 11.8. The number of aliphatic hydroxyl groups excluding tert-OH is 1. The van der Waals surface area contributed by atoms with Gasteiger partial charge in [-0.1, -0.05) is 24.3 Å². The summed E-state index contributed by atoms with van der Waals surface area (Å²) in [5.41, 5.74) is -1.43. The van der Waals surface area contributed by atoms with Crippen molar-refractivity contribution in [2.75, 3.05) is 104 Å². The molecule has 3 aromatic rings. The molecule has 2 aromatic carbocycles. The van der Waals surface area contributed by atoms with Crippen molar-refractivity contribution < 1.29 is 70.9 Å². The van der Waals surface area contributed by atoms with Gasteiger partial charge < -0.3 is 53.1 Å². The molecule has 1 aliphatic rings. The van der Waals surface area contributed by atoms with Crippen LogP contribution < -0.4 is 10.5 Å². The molecule has 18 heteroatoms. The second-order valence-corrected chi connectivity index (χ2v) is 11.8. The van der Waals surface area contributed by atoms with E-state index in [0.29, 0.717) is 77.1 Å². The Balaban J connectivity index is 1.11. The molecule has 1 aromatic heterocycles. The van der Waals surface area contributed by atoms with E-state index in [1.165, 1.54) is 47.4 Å². The largest absolute Gasteiger partial charge is 0.479 e. The van der Waals surface area contributed by atoms with Crippen LogP contribution >= 0.6 is 0 Å². The van der Waals surface area contributed by atoms with Crippen LogP contribution in [-0.4, -0.2) is 139 Å². The van der Waals surface area contributed by atoms with Gasteiger partial charge in [0.15, 0.2) is 6.10 Å². The lowest BCUT2D eigenvalue weighted by molar-refractivity contribution is -0.153. The number of carboxylic acids is 1. The van der Waals surface area contributed by atoms with Gasteiger partial charge in [0.2, 0.25) is 0 Å². The highest BCUT2D eigenvalue weighted by atomic mass is 19.4. The highest BCUT2D eigenvalue weighted by molar-refractivity contribution is 5.95. The summed E-state index contributed by atoms with van der Waals surface area (Å²) in [6.45, 7) is 4.13. The lowest BCUT2D eigenvalue weighted by atomic mass is 10.0. The molecule has 2 atom stereocenters. The number of rotatable bonds is 26. The number of nitrogens with one attached hydrogen (secondary N) is 1. The third-order valence-electron chi connectivity index (χ3n) is 7.93. The lowest BCUT2D eigenvalue weighted by Crippen LogP contribution is -2.32. The number of aliphatic carboxylic acids is 1. The Hall–Kier alpha value is -4.14. The number of cyclic esters (lactones) is 1. The van der Waals surface area contributed by atoms with Gasteiger partial charge >= 0.3 is 18.2 Å². The van der Waals surface area contributed by atoms with Gasteiger partial charge in [-0.2, -0.15) is 13.2 Å². The first-order valence-electron chi connectivity index (χ1n) is 17.3. The van der Waals surface area contributed by atoms with Gasteiger partial charge in [-0.15, -0.1) is 0 Å². The normalized spacial score (nSPS) is 15.2. The topological polar surface area (TPSA) is 185 Å². The first kappa shape index (κ1) is 42.6. The smallest absolute Gasteiger partial charge is 0.417 e. The molecule has 1 fully saturated rings. The van der Waals surface area contributed by atoms with E-state index < -0.39 is 41.6 Å². The molecular formula is C36H45F3N2O13. The number of pyridine rings is 1. The fraction of sp³-hybridized carbons (Fsp3) is 0.528. The number of fused-ring (bicyclic) bond motifs is 1. The van der Waals surface area contributed by atoms with Crippen LogP contribution in [0.3, 0.4) is 0 Å². The van der Waals surface area contributed by atoms with Gasteiger partial charge in [0.1, 0.15) is 6.10 Å². The van der Waals surface area contributed by atoms with Crippen molar-refractivity contribution >= 4 is 28.5 Å². The minimum atomic E-state index is -4.63. The lowest BCUT2D eigenvalue weighted by Gasteiger charge is -2.17. The maximum atomic E-state index is 13.6. The average molecular weight is 771 g/mol. The summed E-state index contributed by atoms with van der Waals surface area (Å²) in [6.07, 6.45) is -7.64. The number of benzene rings is 2. The van der Waals surface area contributed by atoms with Gasteiger partial charge in [-0.25, -0.2) is 9.59 Å². The van der Waals surface area contributed by atoms with Crippen LogP contribution in [0.4, 0.5) is 23.7 Å². The Bertz CT molecular complexity index is 1670. The number of carbonyl (C=O) groups is 2. The zero-order valence-electron chi connectivity index (χ0n) is 29.6. The molecule has 1 aliphatic heterocycles. The third-order valence-corrected chi connectivity index (χ3v) is 7.93. The number of hydrogen-bond acceptors (Lipinski definition) is 12.